The van der Waals surface area contributed by atoms with Gasteiger partial charge in [0.15, 0.2) is 0 Å². The van der Waals surface area contributed by atoms with Crippen molar-refractivity contribution in [3.05, 3.63) is 35.7 Å². The van der Waals surface area contributed by atoms with Crippen molar-refractivity contribution in [1.82, 2.24) is 4.57 Å². The number of aliphatic carboxylic acids is 1. The molecule has 0 saturated carbocycles. The molecule has 0 fully saturated rings. The van der Waals surface area contributed by atoms with Gasteiger partial charge in [0.2, 0.25) is 0 Å². The van der Waals surface area contributed by atoms with Crippen molar-refractivity contribution in [3.63, 3.8) is 0 Å². The van der Waals surface area contributed by atoms with Crippen LogP contribution in [-0.2, 0) is 11.3 Å². The van der Waals surface area contributed by atoms with Crippen LogP contribution in [-0.4, -0.2) is 15.6 Å². The van der Waals surface area contributed by atoms with Gasteiger partial charge in [-0.2, -0.15) is 0 Å². The molecule has 1 aliphatic heterocycles. The number of rotatable bonds is 2. The fraction of sp³-hybridized carbons (Fsp3) is 0.100. The zero-order valence-corrected chi connectivity index (χ0v) is 6.97. The molecule has 0 radical (unpaired) electrons. The van der Waals surface area contributed by atoms with Gasteiger partial charge in [-0.15, -0.1) is 0 Å². The van der Waals surface area contributed by atoms with Gasteiger partial charge in [0.1, 0.15) is 0 Å². The molecule has 0 atom stereocenters. The van der Waals surface area contributed by atoms with Crippen LogP contribution in [0.25, 0.3) is 12.2 Å². The van der Waals surface area contributed by atoms with Gasteiger partial charge in [0, 0.05) is 24.0 Å². The van der Waals surface area contributed by atoms with Crippen LogP contribution in [0.2, 0.25) is 0 Å². The maximum atomic E-state index is 10.3. The first kappa shape index (κ1) is 7.86. The number of aromatic nitrogens is 1. The predicted molar refractivity (Wildman–Crippen MR) is 50.1 cm³/mol. The van der Waals surface area contributed by atoms with Crippen LogP contribution in [0.15, 0.2) is 24.3 Å². The summed E-state index contributed by atoms with van der Waals surface area (Å²) in [7, 11) is 0. The van der Waals surface area contributed by atoms with Crippen LogP contribution in [0.4, 0.5) is 0 Å². The lowest BCUT2D eigenvalue weighted by molar-refractivity contribution is -0.131. The number of hydrogen-bond donors (Lipinski definition) is 1. The predicted octanol–water partition coefficient (Wildman–Crippen LogP) is 1.61. The Bertz CT molecular complexity index is 399. The molecule has 0 unspecified atom stereocenters. The SMILES string of the molecule is O=C(O)C=Cc1ccc2n1CC=C2. The first-order valence-electron chi connectivity index (χ1n) is 4.04. The van der Waals surface area contributed by atoms with Crippen LogP contribution in [0.5, 0.6) is 0 Å². The van der Waals surface area contributed by atoms with Gasteiger partial charge in [-0.05, 0) is 24.3 Å². The van der Waals surface area contributed by atoms with Gasteiger partial charge in [0.05, 0.1) is 0 Å². The lowest BCUT2D eigenvalue weighted by atomic mass is 10.3. The van der Waals surface area contributed by atoms with E-state index in [1.54, 1.807) is 6.08 Å². The maximum Gasteiger partial charge on any atom is 0.328 e. The van der Waals surface area contributed by atoms with E-state index in [0.717, 1.165) is 24.0 Å². The quantitative estimate of drug-likeness (QED) is 0.694. The molecular formula is C10H9NO2. The number of carboxylic acid groups (broad SMARTS) is 1. The zero-order chi connectivity index (χ0) is 9.26. The molecule has 0 bridgehead atoms. The molecule has 2 rings (SSSR count). The normalized spacial score (nSPS) is 13.8. The Labute approximate surface area is 75.6 Å². The molecule has 0 saturated heterocycles. The monoisotopic (exact) mass is 175 g/mol. The van der Waals surface area contributed by atoms with E-state index in [1.165, 1.54) is 0 Å². The Morgan fingerprint density at radius 1 is 1.54 bits per heavy atom. The van der Waals surface area contributed by atoms with Crippen molar-refractivity contribution in [2.24, 2.45) is 0 Å². The van der Waals surface area contributed by atoms with E-state index >= 15 is 0 Å². The van der Waals surface area contributed by atoms with E-state index in [4.69, 9.17) is 5.11 Å². The number of hydrogen-bond acceptors (Lipinski definition) is 1. The molecule has 0 aromatic carbocycles. The van der Waals surface area contributed by atoms with Crippen molar-refractivity contribution in [3.8, 4) is 0 Å². The van der Waals surface area contributed by atoms with Gasteiger partial charge in [-0.1, -0.05) is 6.08 Å². The summed E-state index contributed by atoms with van der Waals surface area (Å²) in [6, 6.07) is 3.89. The Morgan fingerprint density at radius 3 is 3.15 bits per heavy atom. The second kappa shape index (κ2) is 2.94. The summed E-state index contributed by atoms with van der Waals surface area (Å²) in [6.07, 6.45) is 6.84. The smallest absolute Gasteiger partial charge is 0.328 e. The molecule has 0 amide bonds. The highest BCUT2D eigenvalue weighted by Crippen LogP contribution is 2.17. The standard InChI is InChI=1S/C10H9NO2/c12-10(13)6-5-9-4-3-8-2-1-7-11(8)9/h1-6H,7H2,(H,12,13). The van der Waals surface area contributed by atoms with Crippen LogP contribution < -0.4 is 0 Å². The number of nitrogens with zero attached hydrogens (tertiary/aromatic N) is 1. The van der Waals surface area contributed by atoms with Crippen molar-refractivity contribution in [2.75, 3.05) is 0 Å². The fourth-order valence-electron chi connectivity index (χ4n) is 1.44. The van der Waals surface area contributed by atoms with Crippen molar-refractivity contribution < 1.29 is 9.90 Å². The summed E-state index contributed by atoms with van der Waals surface area (Å²) in [5, 5.41) is 8.45. The minimum atomic E-state index is -0.915. The molecule has 1 aliphatic rings. The maximum absolute atomic E-state index is 10.3. The average molecular weight is 175 g/mol. The molecule has 66 valence electrons. The molecule has 3 nitrogen and oxygen atoms in total. The summed E-state index contributed by atoms with van der Waals surface area (Å²) < 4.78 is 2.06. The van der Waals surface area contributed by atoms with Crippen molar-refractivity contribution in [1.29, 1.82) is 0 Å². The number of carbonyl (C=O) groups is 1. The first-order chi connectivity index (χ1) is 6.27. The van der Waals surface area contributed by atoms with E-state index in [2.05, 4.69) is 4.57 Å². The Kier molecular flexibility index (Phi) is 1.77. The summed E-state index contributed by atoms with van der Waals surface area (Å²) in [5.74, 6) is -0.915. The van der Waals surface area contributed by atoms with Gasteiger partial charge >= 0.3 is 5.97 Å². The number of carboxylic acids is 1. The molecule has 2 heterocycles. The highest BCUT2D eigenvalue weighted by molar-refractivity contribution is 5.85. The Balaban J connectivity index is 2.29. The van der Waals surface area contributed by atoms with E-state index in [0.29, 0.717) is 0 Å². The Morgan fingerprint density at radius 2 is 2.38 bits per heavy atom. The second-order valence-electron chi connectivity index (χ2n) is 2.87. The van der Waals surface area contributed by atoms with Gasteiger partial charge in [-0.3, -0.25) is 0 Å². The molecule has 3 heteroatoms. The third kappa shape index (κ3) is 1.40. The van der Waals surface area contributed by atoms with Gasteiger partial charge in [0.25, 0.3) is 0 Å². The highest BCUT2D eigenvalue weighted by Gasteiger charge is 2.06. The van der Waals surface area contributed by atoms with Crippen LogP contribution in [0.3, 0.4) is 0 Å². The molecule has 1 aromatic heterocycles. The highest BCUT2D eigenvalue weighted by atomic mass is 16.4. The molecule has 13 heavy (non-hydrogen) atoms. The van der Waals surface area contributed by atoms with E-state index in [9.17, 15) is 4.79 Å². The third-order valence-corrected chi connectivity index (χ3v) is 2.02. The van der Waals surface area contributed by atoms with Gasteiger partial charge in [-0.25, -0.2) is 4.79 Å². The summed E-state index contributed by atoms with van der Waals surface area (Å²) in [6.45, 7) is 0.835. The number of allylic oxidation sites excluding steroid dienone is 1. The molecular weight excluding hydrogens is 166 g/mol. The molecule has 0 spiro atoms. The average Bonchev–Trinajstić information content (AvgIpc) is 2.60. The number of fused-ring (bicyclic) bond motifs is 1. The van der Waals surface area contributed by atoms with E-state index in [1.807, 2.05) is 24.3 Å². The minimum absolute atomic E-state index is 0.835. The fourth-order valence-corrected chi connectivity index (χ4v) is 1.44. The lowest BCUT2D eigenvalue weighted by Gasteiger charge is -1.99. The summed E-state index contributed by atoms with van der Waals surface area (Å²) in [5.41, 5.74) is 2.06. The largest absolute Gasteiger partial charge is 0.478 e. The molecule has 0 aliphatic carbocycles. The Hall–Kier alpha value is -1.77. The summed E-state index contributed by atoms with van der Waals surface area (Å²) >= 11 is 0. The van der Waals surface area contributed by atoms with E-state index in [-0.39, 0.29) is 0 Å². The lowest BCUT2D eigenvalue weighted by Crippen LogP contribution is -1.95. The third-order valence-electron chi connectivity index (χ3n) is 2.02. The second-order valence-corrected chi connectivity index (χ2v) is 2.87. The van der Waals surface area contributed by atoms with Crippen LogP contribution in [0.1, 0.15) is 11.4 Å². The van der Waals surface area contributed by atoms with Crippen molar-refractivity contribution in [2.45, 2.75) is 6.54 Å². The molecule has 1 aromatic rings. The zero-order valence-electron chi connectivity index (χ0n) is 6.97. The van der Waals surface area contributed by atoms with Crippen molar-refractivity contribution >= 4 is 18.1 Å². The first-order valence-corrected chi connectivity index (χ1v) is 4.04. The minimum Gasteiger partial charge on any atom is -0.478 e. The molecule has 1 N–H and O–H groups in total. The summed E-state index contributed by atoms with van der Waals surface area (Å²) in [4.78, 5) is 10.3. The topological polar surface area (TPSA) is 42.2 Å². The van der Waals surface area contributed by atoms with Crippen LogP contribution >= 0.6 is 0 Å². The van der Waals surface area contributed by atoms with Crippen LogP contribution in [0, 0.1) is 0 Å². The van der Waals surface area contributed by atoms with Gasteiger partial charge < -0.3 is 9.67 Å². The van der Waals surface area contributed by atoms with E-state index < -0.39 is 5.97 Å².